The van der Waals surface area contributed by atoms with E-state index < -0.39 is 11.7 Å². The van der Waals surface area contributed by atoms with Crippen LogP contribution in [0.1, 0.15) is 22.3 Å². The Morgan fingerprint density at radius 3 is 2.58 bits per heavy atom. The number of rotatable bonds is 5. The van der Waals surface area contributed by atoms with Crippen LogP contribution in [0.2, 0.25) is 0 Å². The monoisotopic (exact) mass is 424 g/mol. The summed E-state index contributed by atoms with van der Waals surface area (Å²) < 4.78 is 52.6. The molecule has 158 valence electrons. The summed E-state index contributed by atoms with van der Waals surface area (Å²) in [6, 6.07) is 16.4. The number of hydrogen-bond donors (Lipinski definition) is 0. The molecule has 4 rings (SSSR count). The molecule has 0 N–H and O–H groups in total. The van der Waals surface area contributed by atoms with Crippen molar-refractivity contribution in [2.45, 2.75) is 19.7 Å². The van der Waals surface area contributed by atoms with E-state index in [9.17, 15) is 18.0 Å². The molecule has 0 fully saturated rings. The average molecular weight is 424 g/mol. The van der Waals surface area contributed by atoms with Crippen molar-refractivity contribution >= 4 is 12.4 Å². The Bertz CT molecular complexity index is 1160. The van der Waals surface area contributed by atoms with Crippen molar-refractivity contribution in [3.8, 4) is 22.6 Å². The second-order valence-corrected chi connectivity index (χ2v) is 7.31. The Morgan fingerprint density at radius 1 is 1.03 bits per heavy atom. The van der Waals surface area contributed by atoms with Gasteiger partial charge in [0.25, 0.3) is 0 Å². The summed E-state index contributed by atoms with van der Waals surface area (Å²) in [6.07, 6.45) is -2.02. The summed E-state index contributed by atoms with van der Waals surface area (Å²) in [5.74, 6) is 1.03. The maximum atomic E-state index is 13.8. The normalized spacial score (nSPS) is 13.1. The van der Waals surface area contributed by atoms with Crippen LogP contribution in [0.3, 0.4) is 0 Å². The highest BCUT2D eigenvalue weighted by atomic mass is 19.4. The molecule has 0 saturated heterocycles. The fraction of sp³-hybridized carbons (Fsp3) is 0.160. The van der Waals surface area contributed by atoms with Gasteiger partial charge in [0, 0.05) is 17.2 Å². The average Bonchev–Trinajstić information content (AvgIpc) is 2.77. The number of aryl methyl sites for hydroxylation is 1. The molecule has 0 unspecified atom stereocenters. The van der Waals surface area contributed by atoms with Crippen LogP contribution in [0.15, 0.2) is 66.2 Å². The molecule has 31 heavy (non-hydrogen) atoms. The smallest absolute Gasteiger partial charge is 0.417 e. The second-order valence-electron chi connectivity index (χ2n) is 7.31. The zero-order valence-electron chi connectivity index (χ0n) is 16.7. The number of carbonyl (C=O) groups excluding carboxylic acids is 1. The van der Waals surface area contributed by atoms with Crippen molar-refractivity contribution in [2.75, 3.05) is 6.61 Å². The molecule has 0 amide bonds. The van der Waals surface area contributed by atoms with Crippen molar-refractivity contribution in [1.29, 1.82) is 0 Å². The minimum atomic E-state index is -4.49. The van der Waals surface area contributed by atoms with E-state index in [1.54, 1.807) is 61.5 Å². The van der Waals surface area contributed by atoms with E-state index in [-0.39, 0.29) is 18.8 Å². The second kappa shape index (κ2) is 8.30. The molecule has 0 atom stereocenters. The number of carbonyl (C=O) groups is 1. The van der Waals surface area contributed by atoms with Crippen molar-refractivity contribution in [1.82, 2.24) is 0 Å². The van der Waals surface area contributed by atoms with Crippen LogP contribution in [0, 0.1) is 6.92 Å². The van der Waals surface area contributed by atoms with Crippen molar-refractivity contribution in [3.63, 3.8) is 0 Å². The molecule has 3 nitrogen and oxygen atoms in total. The quantitative estimate of drug-likeness (QED) is 0.455. The molecular weight excluding hydrogens is 405 g/mol. The van der Waals surface area contributed by atoms with E-state index in [1.807, 2.05) is 0 Å². The van der Waals surface area contributed by atoms with Gasteiger partial charge in [-0.05, 0) is 53.5 Å². The molecule has 0 spiro atoms. The van der Waals surface area contributed by atoms with Crippen LogP contribution in [-0.4, -0.2) is 12.9 Å². The van der Waals surface area contributed by atoms with Gasteiger partial charge in [0.05, 0.1) is 5.56 Å². The lowest BCUT2D eigenvalue weighted by molar-refractivity contribution is -0.137. The number of fused-ring (bicyclic) bond motifs is 1. The topological polar surface area (TPSA) is 35.5 Å². The fourth-order valence-corrected chi connectivity index (χ4v) is 3.51. The Balaban J connectivity index is 1.58. The zero-order chi connectivity index (χ0) is 22.0. The number of benzene rings is 3. The Kier molecular flexibility index (Phi) is 5.55. The predicted octanol–water partition coefficient (Wildman–Crippen LogP) is 6.23. The number of halogens is 3. The molecule has 0 radical (unpaired) electrons. The lowest BCUT2D eigenvalue weighted by Crippen LogP contribution is -2.09. The van der Waals surface area contributed by atoms with E-state index in [1.165, 1.54) is 6.07 Å². The summed E-state index contributed by atoms with van der Waals surface area (Å²) >= 11 is 0. The van der Waals surface area contributed by atoms with E-state index >= 15 is 0 Å². The standard InChI is InChI=1S/C25H19F3O3/c1-16-4-2-3-5-21(16)22-9-6-17(11-23(22)25(26,27)28)14-30-20-8-7-19-10-18(13-29)15-31-24(19)12-20/h2-13H,14-15H2,1H3. The van der Waals surface area contributed by atoms with E-state index in [2.05, 4.69) is 0 Å². The largest absolute Gasteiger partial charge is 0.489 e. The fourth-order valence-electron chi connectivity index (χ4n) is 3.51. The van der Waals surface area contributed by atoms with Crippen LogP contribution in [0.5, 0.6) is 11.5 Å². The first kappa shape index (κ1) is 20.7. The number of alkyl halides is 3. The van der Waals surface area contributed by atoms with Crippen molar-refractivity contribution in [2.24, 2.45) is 0 Å². The predicted molar refractivity (Wildman–Crippen MR) is 112 cm³/mol. The molecule has 0 aromatic heterocycles. The molecule has 1 aliphatic rings. The van der Waals surface area contributed by atoms with Crippen LogP contribution in [0.25, 0.3) is 17.2 Å². The maximum Gasteiger partial charge on any atom is 0.417 e. The van der Waals surface area contributed by atoms with Gasteiger partial charge in [0.1, 0.15) is 31.0 Å². The Morgan fingerprint density at radius 2 is 1.84 bits per heavy atom. The van der Waals surface area contributed by atoms with Crippen LogP contribution in [0.4, 0.5) is 13.2 Å². The summed E-state index contributed by atoms with van der Waals surface area (Å²) in [7, 11) is 0. The van der Waals surface area contributed by atoms with E-state index in [4.69, 9.17) is 9.47 Å². The van der Waals surface area contributed by atoms with Crippen LogP contribution < -0.4 is 9.47 Å². The summed E-state index contributed by atoms with van der Waals surface area (Å²) in [5.41, 5.74) is 2.48. The highest BCUT2D eigenvalue weighted by Crippen LogP contribution is 2.39. The van der Waals surface area contributed by atoms with E-state index in [0.29, 0.717) is 28.2 Å². The summed E-state index contributed by atoms with van der Waals surface area (Å²) in [6.45, 7) is 1.94. The van der Waals surface area contributed by atoms with Gasteiger partial charge >= 0.3 is 6.18 Å². The third kappa shape index (κ3) is 4.48. The Hall–Kier alpha value is -3.54. The molecule has 0 bridgehead atoms. The highest BCUT2D eigenvalue weighted by Gasteiger charge is 2.34. The third-order valence-corrected chi connectivity index (χ3v) is 5.10. The van der Waals surface area contributed by atoms with Gasteiger partial charge in [-0.25, -0.2) is 0 Å². The van der Waals surface area contributed by atoms with Gasteiger partial charge in [0.15, 0.2) is 0 Å². The van der Waals surface area contributed by atoms with Gasteiger partial charge < -0.3 is 9.47 Å². The minimum Gasteiger partial charge on any atom is -0.489 e. The molecule has 3 aromatic carbocycles. The van der Waals surface area contributed by atoms with Crippen LogP contribution >= 0.6 is 0 Å². The maximum absolute atomic E-state index is 13.8. The highest BCUT2D eigenvalue weighted by molar-refractivity contribution is 5.84. The summed E-state index contributed by atoms with van der Waals surface area (Å²) in [4.78, 5) is 10.9. The van der Waals surface area contributed by atoms with Gasteiger partial charge in [-0.3, -0.25) is 4.79 Å². The number of aldehydes is 1. The zero-order valence-corrected chi connectivity index (χ0v) is 16.7. The van der Waals surface area contributed by atoms with Gasteiger partial charge in [-0.1, -0.05) is 36.4 Å². The molecule has 6 heteroatoms. The van der Waals surface area contributed by atoms with Crippen molar-refractivity contribution in [3.05, 3.63) is 88.5 Å². The summed E-state index contributed by atoms with van der Waals surface area (Å²) in [5, 5.41) is 0. The first-order valence-corrected chi connectivity index (χ1v) is 9.66. The molecule has 0 aliphatic carbocycles. The molecular formula is C25H19F3O3. The van der Waals surface area contributed by atoms with Gasteiger partial charge in [-0.15, -0.1) is 0 Å². The SMILES string of the molecule is Cc1ccccc1-c1ccc(COc2ccc3c(c2)OCC(C=O)=C3)cc1C(F)(F)F. The van der Waals surface area contributed by atoms with Gasteiger partial charge in [-0.2, -0.15) is 13.2 Å². The first-order valence-electron chi connectivity index (χ1n) is 9.66. The van der Waals surface area contributed by atoms with E-state index in [0.717, 1.165) is 23.5 Å². The lowest BCUT2D eigenvalue weighted by atomic mass is 9.94. The number of ether oxygens (including phenoxy) is 2. The lowest BCUT2D eigenvalue weighted by Gasteiger charge is -2.18. The molecule has 0 saturated carbocycles. The number of hydrogen-bond acceptors (Lipinski definition) is 3. The van der Waals surface area contributed by atoms with Crippen LogP contribution in [-0.2, 0) is 17.6 Å². The minimum absolute atomic E-state index is 0.0225. The molecule has 1 heterocycles. The molecule has 1 aliphatic heterocycles. The van der Waals surface area contributed by atoms with Gasteiger partial charge in [0.2, 0.25) is 0 Å². The Labute approximate surface area is 177 Å². The van der Waals surface area contributed by atoms with Crippen molar-refractivity contribution < 1.29 is 27.4 Å². The molecule has 3 aromatic rings. The first-order chi connectivity index (χ1) is 14.8. The third-order valence-electron chi connectivity index (χ3n) is 5.10.